The number of furan rings is 1. The molecule has 1 aromatic heterocycles. The standard InChI is InChI=1S/C21H21NO4/c1-3-15(14-10-6-5-7-11-14)20(23)22-18-16-12-8-9-13-17(16)26-19(18)21(24)25-4-2/h5-13,15H,3-4H2,1-2H3,(H,22,23)/t15-/m1/s1. The highest BCUT2D eigenvalue weighted by atomic mass is 16.5. The van der Waals surface area contributed by atoms with Crippen LogP contribution in [0.5, 0.6) is 0 Å². The van der Waals surface area contributed by atoms with Gasteiger partial charge in [0.25, 0.3) is 0 Å². The SMILES string of the molecule is CCOC(=O)c1oc2ccccc2c1NC(=O)[C@H](CC)c1ccccc1. The van der Waals surface area contributed by atoms with Crippen molar-refractivity contribution in [3.63, 3.8) is 0 Å². The third kappa shape index (κ3) is 3.47. The molecule has 134 valence electrons. The smallest absolute Gasteiger partial charge is 0.376 e. The molecule has 5 heteroatoms. The predicted molar refractivity (Wildman–Crippen MR) is 100 cm³/mol. The van der Waals surface area contributed by atoms with E-state index >= 15 is 0 Å². The fourth-order valence-electron chi connectivity index (χ4n) is 2.98. The van der Waals surface area contributed by atoms with Crippen LogP contribution in [-0.2, 0) is 9.53 Å². The molecule has 0 saturated heterocycles. The van der Waals surface area contributed by atoms with Crippen molar-refractivity contribution in [2.24, 2.45) is 0 Å². The minimum absolute atomic E-state index is 0.0179. The molecule has 1 amide bonds. The fourth-order valence-corrected chi connectivity index (χ4v) is 2.98. The van der Waals surface area contributed by atoms with E-state index in [4.69, 9.17) is 9.15 Å². The van der Waals surface area contributed by atoms with E-state index in [9.17, 15) is 9.59 Å². The minimum Gasteiger partial charge on any atom is -0.460 e. The second-order valence-corrected chi connectivity index (χ2v) is 5.88. The summed E-state index contributed by atoms with van der Waals surface area (Å²) in [5.74, 6) is -1.08. The van der Waals surface area contributed by atoms with Gasteiger partial charge in [-0.1, -0.05) is 49.4 Å². The van der Waals surface area contributed by atoms with Gasteiger partial charge in [0.2, 0.25) is 11.7 Å². The summed E-state index contributed by atoms with van der Waals surface area (Å²) < 4.78 is 10.7. The van der Waals surface area contributed by atoms with E-state index in [2.05, 4.69) is 5.32 Å². The molecule has 3 aromatic rings. The molecule has 2 aromatic carbocycles. The molecular formula is C21H21NO4. The van der Waals surface area contributed by atoms with Crippen molar-refractivity contribution < 1.29 is 18.7 Å². The molecule has 0 saturated carbocycles. The van der Waals surface area contributed by atoms with E-state index < -0.39 is 5.97 Å². The van der Waals surface area contributed by atoms with Crippen molar-refractivity contribution in [2.45, 2.75) is 26.2 Å². The first-order valence-electron chi connectivity index (χ1n) is 8.70. The molecule has 0 aliphatic rings. The Balaban J connectivity index is 1.97. The van der Waals surface area contributed by atoms with Crippen LogP contribution < -0.4 is 5.32 Å². The van der Waals surface area contributed by atoms with E-state index in [1.54, 1.807) is 19.1 Å². The van der Waals surface area contributed by atoms with Crippen LogP contribution >= 0.6 is 0 Å². The molecule has 0 unspecified atom stereocenters. The van der Waals surface area contributed by atoms with Gasteiger partial charge in [-0.05, 0) is 31.0 Å². The van der Waals surface area contributed by atoms with Crippen molar-refractivity contribution >= 4 is 28.5 Å². The molecule has 1 heterocycles. The van der Waals surface area contributed by atoms with Crippen LogP contribution in [0.2, 0.25) is 0 Å². The number of benzene rings is 2. The summed E-state index contributed by atoms with van der Waals surface area (Å²) in [5, 5.41) is 3.56. The van der Waals surface area contributed by atoms with Crippen molar-refractivity contribution in [1.29, 1.82) is 0 Å². The van der Waals surface area contributed by atoms with Crippen molar-refractivity contribution in [3.05, 3.63) is 65.9 Å². The van der Waals surface area contributed by atoms with Crippen LogP contribution in [0.15, 0.2) is 59.0 Å². The average molecular weight is 351 g/mol. The second kappa shape index (κ2) is 7.87. The quantitative estimate of drug-likeness (QED) is 0.651. The number of hydrogen-bond donors (Lipinski definition) is 1. The van der Waals surface area contributed by atoms with E-state index in [0.29, 0.717) is 23.1 Å². The molecule has 5 nitrogen and oxygen atoms in total. The molecule has 0 radical (unpaired) electrons. The number of nitrogens with one attached hydrogen (secondary N) is 1. The maximum absolute atomic E-state index is 12.9. The van der Waals surface area contributed by atoms with Crippen LogP contribution in [0.1, 0.15) is 42.3 Å². The van der Waals surface area contributed by atoms with Crippen LogP contribution in [0.3, 0.4) is 0 Å². The zero-order valence-electron chi connectivity index (χ0n) is 14.8. The van der Waals surface area contributed by atoms with E-state index in [1.165, 1.54) is 0 Å². The number of para-hydroxylation sites is 1. The lowest BCUT2D eigenvalue weighted by Crippen LogP contribution is -2.22. The normalized spacial score (nSPS) is 11.9. The van der Waals surface area contributed by atoms with Gasteiger partial charge in [0, 0.05) is 5.39 Å². The van der Waals surface area contributed by atoms with Crippen LogP contribution in [0.4, 0.5) is 5.69 Å². The first kappa shape index (κ1) is 17.7. The largest absolute Gasteiger partial charge is 0.460 e. The van der Waals surface area contributed by atoms with Crippen molar-refractivity contribution in [3.8, 4) is 0 Å². The van der Waals surface area contributed by atoms with E-state index in [0.717, 1.165) is 5.56 Å². The molecular weight excluding hydrogens is 330 g/mol. The highest BCUT2D eigenvalue weighted by Crippen LogP contribution is 2.33. The molecule has 26 heavy (non-hydrogen) atoms. The first-order chi connectivity index (χ1) is 12.7. The lowest BCUT2D eigenvalue weighted by atomic mass is 9.95. The maximum Gasteiger partial charge on any atom is 0.376 e. The average Bonchev–Trinajstić information content (AvgIpc) is 3.02. The highest BCUT2D eigenvalue weighted by molar-refractivity contribution is 6.10. The van der Waals surface area contributed by atoms with E-state index in [-0.39, 0.29) is 24.2 Å². The molecule has 1 N–H and O–H groups in total. The molecule has 0 spiro atoms. The Labute approximate surface area is 152 Å². The van der Waals surface area contributed by atoms with Gasteiger partial charge in [0.15, 0.2) is 0 Å². The van der Waals surface area contributed by atoms with Gasteiger partial charge in [0.1, 0.15) is 11.3 Å². The number of rotatable bonds is 6. The van der Waals surface area contributed by atoms with Gasteiger partial charge in [-0.15, -0.1) is 0 Å². The molecule has 0 aliphatic carbocycles. The summed E-state index contributed by atoms with van der Waals surface area (Å²) in [7, 11) is 0. The van der Waals surface area contributed by atoms with Gasteiger partial charge in [-0.2, -0.15) is 0 Å². The third-order valence-electron chi connectivity index (χ3n) is 4.23. The Bertz CT molecular complexity index is 914. The van der Waals surface area contributed by atoms with Crippen molar-refractivity contribution in [1.82, 2.24) is 0 Å². The number of anilines is 1. The Hall–Kier alpha value is -3.08. The number of carbonyl (C=O) groups excluding carboxylic acids is 2. The van der Waals surface area contributed by atoms with Gasteiger partial charge in [0.05, 0.1) is 12.5 Å². The zero-order chi connectivity index (χ0) is 18.5. The molecule has 1 atom stereocenters. The van der Waals surface area contributed by atoms with Gasteiger partial charge in [-0.25, -0.2) is 4.79 Å². The zero-order valence-corrected chi connectivity index (χ0v) is 14.8. The predicted octanol–water partition coefficient (Wildman–Crippen LogP) is 4.74. The summed E-state index contributed by atoms with van der Waals surface area (Å²) >= 11 is 0. The number of esters is 1. The van der Waals surface area contributed by atoms with Crippen LogP contribution in [0, 0.1) is 0 Å². The Kier molecular flexibility index (Phi) is 5.37. The van der Waals surface area contributed by atoms with Crippen LogP contribution in [-0.4, -0.2) is 18.5 Å². The van der Waals surface area contributed by atoms with Gasteiger partial charge < -0.3 is 14.5 Å². The maximum atomic E-state index is 12.9. The number of hydrogen-bond acceptors (Lipinski definition) is 4. The number of amides is 1. The lowest BCUT2D eigenvalue weighted by Gasteiger charge is -2.15. The summed E-state index contributed by atoms with van der Waals surface area (Å²) in [4.78, 5) is 25.2. The molecule has 0 aliphatic heterocycles. The second-order valence-electron chi connectivity index (χ2n) is 5.88. The van der Waals surface area contributed by atoms with Gasteiger partial charge in [-0.3, -0.25) is 4.79 Å². The number of ether oxygens (including phenoxy) is 1. The van der Waals surface area contributed by atoms with Crippen LogP contribution in [0.25, 0.3) is 11.0 Å². The lowest BCUT2D eigenvalue weighted by molar-refractivity contribution is -0.117. The van der Waals surface area contributed by atoms with E-state index in [1.807, 2.05) is 49.4 Å². The van der Waals surface area contributed by atoms with Crippen molar-refractivity contribution in [2.75, 3.05) is 11.9 Å². The first-order valence-corrected chi connectivity index (χ1v) is 8.70. The van der Waals surface area contributed by atoms with Gasteiger partial charge >= 0.3 is 5.97 Å². The molecule has 3 rings (SSSR count). The summed E-state index contributed by atoms with van der Waals surface area (Å²) in [6, 6.07) is 16.8. The monoisotopic (exact) mass is 351 g/mol. The highest BCUT2D eigenvalue weighted by Gasteiger charge is 2.26. The fraction of sp³-hybridized carbons (Fsp3) is 0.238. The summed E-state index contributed by atoms with van der Waals surface area (Å²) in [6.45, 7) is 3.91. The minimum atomic E-state index is -0.591. The summed E-state index contributed by atoms with van der Waals surface area (Å²) in [5.41, 5.74) is 1.81. The Morgan fingerprint density at radius 2 is 1.73 bits per heavy atom. The Morgan fingerprint density at radius 1 is 1.04 bits per heavy atom. The topological polar surface area (TPSA) is 68.5 Å². The Morgan fingerprint density at radius 3 is 2.42 bits per heavy atom. The number of carbonyl (C=O) groups is 2. The molecule has 0 bridgehead atoms. The third-order valence-corrected chi connectivity index (χ3v) is 4.23. The molecule has 0 fully saturated rings. The summed E-state index contributed by atoms with van der Waals surface area (Å²) in [6.07, 6.45) is 0.639. The number of fused-ring (bicyclic) bond motifs is 1.